The summed E-state index contributed by atoms with van der Waals surface area (Å²) in [5.41, 5.74) is 2.50. The molecule has 1 amide bonds. The zero-order valence-electron chi connectivity index (χ0n) is 19.6. The van der Waals surface area contributed by atoms with Gasteiger partial charge in [-0.25, -0.2) is 4.98 Å². The Morgan fingerprint density at radius 3 is 2.65 bits per heavy atom. The van der Waals surface area contributed by atoms with Crippen molar-refractivity contribution in [2.45, 2.75) is 39.0 Å². The van der Waals surface area contributed by atoms with Crippen molar-refractivity contribution in [2.75, 3.05) is 36.8 Å². The van der Waals surface area contributed by atoms with Crippen LogP contribution in [-0.4, -0.2) is 57.2 Å². The Hall–Kier alpha value is -2.98. The average molecular weight is 527 g/mol. The van der Waals surface area contributed by atoms with Gasteiger partial charge in [0.2, 0.25) is 5.95 Å². The van der Waals surface area contributed by atoms with E-state index >= 15 is 0 Å². The molecule has 1 saturated carbocycles. The lowest BCUT2D eigenvalue weighted by atomic mass is 10.2. The molecular weight excluding hydrogens is 496 g/mol. The van der Waals surface area contributed by atoms with E-state index in [2.05, 4.69) is 70.8 Å². The molecule has 4 N–H and O–H groups in total. The SMILES string of the molecule is CCN(CC)CCCNC(=O)c1ccc(Nc2ncc(Br)c(Nc3cc(C4CC4)n[nH]3)n2)cc1. The van der Waals surface area contributed by atoms with Crippen LogP contribution in [0.15, 0.2) is 41.0 Å². The highest BCUT2D eigenvalue weighted by Crippen LogP contribution is 2.39. The smallest absolute Gasteiger partial charge is 0.251 e. The number of carbonyl (C=O) groups excluding carboxylic acids is 1. The first-order valence-corrected chi connectivity index (χ1v) is 12.6. The highest BCUT2D eigenvalue weighted by atomic mass is 79.9. The number of halogens is 1. The molecular formula is C24H31BrN8O. The lowest BCUT2D eigenvalue weighted by Crippen LogP contribution is -2.29. The standard InChI is InChI=1S/C24H31BrN8O/c1-3-33(4-2)13-5-12-26-23(34)17-8-10-18(11-9-17)28-24-27-15-19(25)22(30-24)29-21-14-20(31-32-21)16-6-7-16/h8-11,14-16H,3-7,12-13H2,1-2H3,(H,26,34)(H3,27,28,29,30,31,32). The summed E-state index contributed by atoms with van der Waals surface area (Å²) in [7, 11) is 0. The molecule has 2 aromatic heterocycles. The number of hydrogen-bond donors (Lipinski definition) is 4. The molecule has 4 rings (SSSR count). The van der Waals surface area contributed by atoms with Gasteiger partial charge in [-0.1, -0.05) is 13.8 Å². The van der Waals surface area contributed by atoms with Gasteiger partial charge in [0.15, 0.2) is 5.82 Å². The van der Waals surface area contributed by atoms with Gasteiger partial charge in [0.05, 0.1) is 10.2 Å². The number of benzene rings is 1. The van der Waals surface area contributed by atoms with Gasteiger partial charge in [0.25, 0.3) is 5.91 Å². The Morgan fingerprint density at radius 2 is 1.94 bits per heavy atom. The molecule has 180 valence electrons. The van der Waals surface area contributed by atoms with Crippen molar-refractivity contribution in [3.63, 3.8) is 0 Å². The van der Waals surface area contributed by atoms with Crippen molar-refractivity contribution < 1.29 is 4.79 Å². The Kier molecular flexibility index (Phi) is 8.12. The van der Waals surface area contributed by atoms with Crippen LogP contribution >= 0.6 is 15.9 Å². The third kappa shape index (κ3) is 6.54. The van der Waals surface area contributed by atoms with E-state index in [4.69, 9.17) is 0 Å². The van der Waals surface area contributed by atoms with Crippen LogP contribution in [0.25, 0.3) is 0 Å². The lowest BCUT2D eigenvalue weighted by Gasteiger charge is -2.17. The number of nitrogens with zero attached hydrogens (tertiary/aromatic N) is 4. The number of hydrogen-bond acceptors (Lipinski definition) is 7. The summed E-state index contributed by atoms with van der Waals surface area (Å²) in [5.74, 6) is 2.38. The molecule has 0 saturated heterocycles. The predicted molar refractivity (Wildman–Crippen MR) is 138 cm³/mol. The molecule has 1 aromatic carbocycles. The van der Waals surface area contributed by atoms with Gasteiger partial charge in [-0.05, 0) is 79.1 Å². The molecule has 34 heavy (non-hydrogen) atoms. The molecule has 0 radical (unpaired) electrons. The number of aromatic amines is 1. The van der Waals surface area contributed by atoms with Gasteiger partial charge in [-0.15, -0.1) is 0 Å². The van der Waals surface area contributed by atoms with Gasteiger partial charge >= 0.3 is 0 Å². The van der Waals surface area contributed by atoms with Gasteiger partial charge < -0.3 is 20.9 Å². The Balaban J connectivity index is 1.31. The number of carbonyl (C=O) groups is 1. The summed E-state index contributed by atoms with van der Waals surface area (Å²) >= 11 is 3.49. The molecule has 0 bridgehead atoms. The van der Waals surface area contributed by atoms with E-state index in [-0.39, 0.29) is 5.91 Å². The molecule has 0 atom stereocenters. The quantitative estimate of drug-likeness (QED) is 0.251. The third-order valence-corrected chi connectivity index (χ3v) is 6.41. The molecule has 1 fully saturated rings. The van der Waals surface area contributed by atoms with Crippen molar-refractivity contribution in [3.8, 4) is 0 Å². The lowest BCUT2D eigenvalue weighted by molar-refractivity contribution is 0.0952. The van der Waals surface area contributed by atoms with Crippen LogP contribution < -0.4 is 16.0 Å². The summed E-state index contributed by atoms with van der Waals surface area (Å²) in [6.07, 6.45) is 5.03. The molecule has 1 aliphatic rings. The second-order valence-electron chi connectivity index (χ2n) is 8.33. The van der Waals surface area contributed by atoms with Gasteiger partial charge in [-0.2, -0.15) is 10.1 Å². The first-order valence-electron chi connectivity index (χ1n) is 11.8. The second kappa shape index (κ2) is 11.4. The first kappa shape index (κ1) is 24.2. The van der Waals surface area contributed by atoms with Gasteiger partial charge in [0, 0.05) is 36.0 Å². The maximum Gasteiger partial charge on any atom is 0.251 e. The fourth-order valence-electron chi connectivity index (χ4n) is 3.61. The maximum atomic E-state index is 12.4. The van der Waals surface area contributed by atoms with Crippen molar-refractivity contribution in [2.24, 2.45) is 0 Å². The van der Waals surface area contributed by atoms with E-state index in [1.165, 1.54) is 12.8 Å². The summed E-state index contributed by atoms with van der Waals surface area (Å²) < 4.78 is 0.744. The van der Waals surface area contributed by atoms with Crippen molar-refractivity contribution in [1.29, 1.82) is 0 Å². The number of H-pyrrole nitrogens is 1. The van der Waals surface area contributed by atoms with Crippen molar-refractivity contribution >= 4 is 45.1 Å². The van der Waals surface area contributed by atoms with Crippen LogP contribution in [0.2, 0.25) is 0 Å². The monoisotopic (exact) mass is 526 g/mol. The van der Waals surface area contributed by atoms with Gasteiger partial charge in [-0.3, -0.25) is 9.89 Å². The predicted octanol–water partition coefficient (Wildman–Crippen LogP) is 4.79. The molecule has 2 heterocycles. The highest BCUT2D eigenvalue weighted by Gasteiger charge is 2.26. The van der Waals surface area contributed by atoms with Crippen LogP contribution in [0.3, 0.4) is 0 Å². The largest absolute Gasteiger partial charge is 0.352 e. The molecule has 1 aliphatic carbocycles. The van der Waals surface area contributed by atoms with Gasteiger partial charge in [0.1, 0.15) is 5.82 Å². The molecule has 0 aliphatic heterocycles. The molecule has 0 unspecified atom stereocenters. The first-order chi connectivity index (χ1) is 16.6. The Morgan fingerprint density at radius 1 is 1.18 bits per heavy atom. The normalized spacial score (nSPS) is 13.2. The van der Waals surface area contributed by atoms with E-state index in [0.717, 1.165) is 47.7 Å². The molecule has 3 aromatic rings. The zero-order valence-corrected chi connectivity index (χ0v) is 21.2. The molecule has 9 nitrogen and oxygen atoms in total. The van der Waals surface area contributed by atoms with Crippen LogP contribution in [-0.2, 0) is 0 Å². The van der Waals surface area contributed by atoms with E-state index in [0.29, 0.717) is 29.8 Å². The topological polar surface area (TPSA) is 111 Å². The number of aromatic nitrogens is 4. The highest BCUT2D eigenvalue weighted by molar-refractivity contribution is 9.10. The van der Waals surface area contributed by atoms with Crippen LogP contribution in [0.1, 0.15) is 55.1 Å². The minimum atomic E-state index is -0.0670. The van der Waals surface area contributed by atoms with Crippen molar-refractivity contribution in [1.82, 2.24) is 30.4 Å². The van der Waals surface area contributed by atoms with E-state index in [9.17, 15) is 4.79 Å². The van der Waals surface area contributed by atoms with E-state index < -0.39 is 0 Å². The average Bonchev–Trinajstić information content (AvgIpc) is 3.60. The summed E-state index contributed by atoms with van der Waals surface area (Å²) in [4.78, 5) is 23.6. The number of nitrogens with one attached hydrogen (secondary N) is 4. The number of amides is 1. The Bertz CT molecular complexity index is 1090. The van der Waals surface area contributed by atoms with Crippen LogP contribution in [0.5, 0.6) is 0 Å². The molecule has 0 spiro atoms. The Labute approximate surface area is 208 Å². The minimum absolute atomic E-state index is 0.0670. The van der Waals surface area contributed by atoms with Crippen LogP contribution in [0.4, 0.5) is 23.3 Å². The summed E-state index contributed by atoms with van der Waals surface area (Å²) in [6, 6.07) is 9.31. The fraction of sp³-hybridized carbons (Fsp3) is 0.417. The van der Waals surface area contributed by atoms with Crippen LogP contribution in [0, 0.1) is 0 Å². The molecule has 10 heteroatoms. The van der Waals surface area contributed by atoms with E-state index in [1.54, 1.807) is 18.3 Å². The van der Waals surface area contributed by atoms with Crippen molar-refractivity contribution in [3.05, 3.63) is 52.3 Å². The maximum absolute atomic E-state index is 12.4. The fourth-order valence-corrected chi connectivity index (χ4v) is 3.90. The second-order valence-corrected chi connectivity index (χ2v) is 9.19. The minimum Gasteiger partial charge on any atom is -0.352 e. The number of anilines is 4. The summed E-state index contributed by atoms with van der Waals surface area (Å²) in [5, 5.41) is 16.8. The number of rotatable bonds is 12. The third-order valence-electron chi connectivity index (χ3n) is 5.82. The summed E-state index contributed by atoms with van der Waals surface area (Å²) in [6.45, 7) is 8.01. The zero-order chi connectivity index (χ0) is 23.9. The van der Waals surface area contributed by atoms with E-state index in [1.807, 2.05) is 18.2 Å².